The Morgan fingerprint density at radius 2 is 0.600 bits per heavy atom. The van der Waals surface area contributed by atoms with Gasteiger partial charge < -0.3 is 27.3 Å². The van der Waals surface area contributed by atoms with Gasteiger partial charge in [0.15, 0.2) is 0 Å². The summed E-state index contributed by atoms with van der Waals surface area (Å²) in [6, 6.07) is 0. The summed E-state index contributed by atoms with van der Waals surface area (Å²) in [6.07, 6.45) is 0. The summed E-state index contributed by atoms with van der Waals surface area (Å²) in [5.41, 5.74) is 0. The van der Waals surface area contributed by atoms with Crippen LogP contribution in [0.2, 0.25) is 0 Å². The van der Waals surface area contributed by atoms with Crippen molar-refractivity contribution >= 4 is 34.1 Å². The van der Waals surface area contributed by atoms with Crippen LogP contribution in [0.25, 0.3) is 0 Å². The van der Waals surface area contributed by atoms with Gasteiger partial charge in [0.25, 0.3) is 0 Å². The Hall–Kier alpha value is 3.21. The van der Waals surface area contributed by atoms with Crippen molar-refractivity contribution in [1.82, 2.24) is 0 Å². The SMILES string of the molecule is O=S([O-])O.O=S([O-])O.O=S([O-])O.[Na+].[Na+].[Na+]. The first-order chi connectivity index (χ1) is 5.20. The van der Waals surface area contributed by atoms with Gasteiger partial charge in [-0.15, -0.1) is 0 Å². The molecule has 0 heterocycles. The predicted molar refractivity (Wildman–Crippen MR) is 34.6 cm³/mol. The molecule has 0 aromatic carbocycles. The molecule has 0 aliphatic heterocycles. The Morgan fingerprint density at radius 1 is 0.600 bits per heavy atom. The quantitative estimate of drug-likeness (QED) is 0.289. The van der Waals surface area contributed by atoms with Crippen molar-refractivity contribution < 1.29 is 129 Å². The number of hydrogen-bond acceptors (Lipinski definition) is 6. The summed E-state index contributed by atoms with van der Waals surface area (Å²) in [6.45, 7) is 0. The van der Waals surface area contributed by atoms with Crippen molar-refractivity contribution in [2.24, 2.45) is 0 Å². The minimum absolute atomic E-state index is 0. The summed E-state index contributed by atoms with van der Waals surface area (Å²) in [7, 11) is 0. The van der Waals surface area contributed by atoms with E-state index in [-0.39, 0.29) is 88.7 Å². The molecule has 0 aromatic heterocycles. The van der Waals surface area contributed by atoms with E-state index >= 15 is 0 Å². The van der Waals surface area contributed by atoms with E-state index < -0.39 is 34.1 Å². The van der Waals surface area contributed by atoms with Crippen molar-refractivity contribution in [2.45, 2.75) is 0 Å². The summed E-state index contributed by atoms with van der Waals surface area (Å²) in [5.74, 6) is 0. The fraction of sp³-hybridized carbons (Fsp3) is 0. The third-order valence-electron chi connectivity index (χ3n) is 0. The molecule has 0 radical (unpaired) electrons. The van der Waals surface area contributed by atoms with E-state index in [1.54, 1.807) is 0 Å². The van der Waals surface area contributed by atoms with Gasteiger partial charge in [0.05, 0.1) is 34.1 Å². The van der Waals surface area contributed by atoms with Crippen LogP contribution in [-0.4, -0.2) is 39.9 Å². The number of rotatable bonds is 0. The zero-order valence-electron chi connectivity index (χ0n) is 8.02. The minimum Gasteiger partial charge on any atom is -0.750 e. The van der Waals surface area contributed by atoms with Crippen LogP contribution in [0.3, 0.4) is 0 Å². The van der Waals surface area contributed by atoms with E-state index in [2.05, 4.69) is 0 Å². The zero-order valence-corrected chi connectivity index (χ0v) is 16.5. The molecule has 0 saturated carbocycles. The molecule has 0 aliphatic rings. The average molecular weight is 312 g/mol. The van der Waals surface area contributed by atoms with Gasteiger partial charge in [0.1, 0.15) is 0 Å². The minimum atomic E-state index is -2.86. The molecular formula is H3Na3O9S3. The molecule has 0 rings (SSSR count). The van der Waals surface area contributed by atoms with Gasteiger partial charge in [-0.1, -0.05) is 0 Å². The smallest absolute Gasteiger partial charge is 0.750 e. The van der Waals surface area contributed by atoms with E-state index in [1.807, 2.05) is 0 Å². The largest absolute Gasteiger partial charge is 1.00 e. The molecule has 15 heavy (non-hydrogen) atoms. The fourth-order valence-corrected chi connectivity index (χ4v) is 0. The van der Waals surface area contributed by atoms with Crippen LogP contribution in [0, 0.1) is 0 Å². The first-order valence-corrected chi connectivity index (χ1v) is 4.64. The molecule has 3 atom stereocenters. The summed E-state index contributed by atoms with van der Waals surface area (Å²) in [5, 5.41) is 0. The van der Waals surface area contributed by atoms with Crippen molar-refractivity contribution in [3.63, 3.8) is 0 Å². The van der Waals surface area contributed by atoms with Crippen molar-refractivity contribution in [2.75, 3.05) is 0 Å². The molecule has 0 aliphatic carbocycles. The van der Waals surface area contributed by atoms with Gasteiger partial charge in [-0.3, -0.25) is 0 Å². The monoisotopic (exact) mass is 312 g/mol. The van der Waals surface area contributed by atoms with Gasteiger partial charge in [-0.2, -0.15) is 0 Å². The van der Waals surface area contributed by atoms with Crippen LogP contribution in [-0.2, 0) is 34.1 Å². The first kappa shape index (κ1) is 36.2. The molecule has 0 aromatic rings. The Morgan fingerprint density at radius 3 is 0.600 bits per heavy atom. The molecule has 0 spiro atoms. The molecule has 15 heteroatoms. The zero-order chi connectivity index (χ0) is 10.7. The summed E-state index contributed by atoms with van der Waals surface area (Å²) < 4.78 is 72.2. The third-order valence-corrected chi connectivity index (χ3v) is 0. The molecule has 3 N–H and O–H groups in total. The second-order valence-electron chi connectivity index (χ2n) is 0.651. The molecule has 3 unspecified atom stereocenters. The van der Waals surface area contributed by atoms with Crippen molar-refractivity contribution in [1.29, 1.82) is 0 Å². The van der Waals surface area contributed by atoms with Gasteiger partial charge in [0.2, 0.25) is 0 Å². The molecule has 9 nitrogen and oxygen atoms in total. The normalized spacial score (nSPS) is 12.4. The van der Waals surface area contributed by atoms with E-state index in [0.717, 1.165) is 0 Å². The molecule has 0 bridgehead atoms. The van der Waals surface area contributed by atoms with E-state index in [4.69, 9.17) is 39.9 Å². The van der Waals surface area contributed by atoms with Crippen LogP contribution in [0.1, 0.15) is 0 Å². The van der Waals surface area contributed by atoms with Gasteiger partial charge in [0, 0.05) is 0 Å². The Balaban J connectivity index is -0.0000000184. The molecular weight excluding hydrogens is 309 g/mol. The van der Waals surface area contributed by atoms with Gasteiger partial charge in [-0.25, -0.2) is 12.6 Å². The molecule has 0 fully saturated rings. The van der Waals surface area contributed by atoms with Crippen LogP contribution < -0.4 is 88.7 Å². The van der Waals surface area contributed by atoms with Gasteiger partial charge in [-0.05, 0) is 0 Å². The van der Waals surface area contributed by atoms with E-state index in [9.17, 15) is 0 Å². The summed E-state index contributed by atoms with van der Waals surface area (Å²) in [4.78, 5) is 0. The van der Waals surface area contributed by atoms with Crippen LogP contribution in [0.15, 0.2) is 0 Å². The Labute approximate surface area is 160 Å². The fourth-order valence-electron chi connectivity index (χ4n) is 0. The molecule has 78 valence electrons. The Bertz CT molecular complexity index is 118. The van der Waals surface area contributed by atoms with Crippen molar-refractivity contribution in [3.8, 4) is 0 Å². The second-order valence-corrected chi connectivity index (χ2v) is 1.95. The topological polar surface area (TPSA) is 181 Å². The standard InChI is InChI=1S/3Na.3H2O3S/c;;;3*1-4(2)3/h;;;3*(H2,1,2,3)/q3*+1;;;/p-3. The summed E-state index contributed by atoms with van der Waals surface area (Å²) >= 11 is -8.58. The maximum absolute atomic E-state index is 8.56. The second kappa shape index (κ2) is 30.3. The predicted octanol–water partition coefficient (Wildman–Crippen LogP) is -11.0. The maximum Gasteiger partial charge on any atom is 1.00 e. The van der Waals surface area contributed by atoms with Crippen LogP contribution in [0.5, 0.6) is 0 Å². The van der Waals surface area contributed by atoms with Gasteiger partial charge >= 0.3 is 88.7 Å². The third kappa shape index (κ3) is 386. The maximum atomic E-state index is 8.56. The van der Waals surface area contributed by atoms with E-state index in [0.29, 0.717) is 0 Å². The molecule has 0 amide bonds. The Kier molecular flexibility index (Phi) is 73.2. The average Bonchev–Trinajstić information content (AvgIpc) is 1.54. The van der Waals surface area contributed by atoms with E-state index in [1.165, 1.54) is 0 Å². The first-order valence-electron chi connectivity index (χ1n) is 1.55. The number of hydrogen-bond donors (Lipinski definition) is 3. The van der Waals surface area contributed by atoms with Crippen molar-refractivity contribution in [3.05, 3.63) is 0 Å². The van der Waals surface area contributed by atoms with Crippen LogP contribution >= 0.6 is 0 Å². The molecule has 0 saturated heterocycles. The van der Waals surface area contributed by atoms with Crippen LogP contribution in [0.4, 0.5) is 0 Å².